The first-order valence-corrected chi connectivity index (χ1v) is 9.14. The molecule has 0 unspecified atom stereocenters. The first-order valence-electron chi connectivity index (χ1n) is 9.14. The van der Waals surface area contributed by atoms with Crippen LogP contribution >= 0.6 is 0 Å². The number of ether oxygens (including phenoxy) is 3. The van der Waals surface area contributed by atoms with Crippen molar-refractivity contribution in [3.63, 3.8) is 0 Å². The van der Waals surface area contributed by atoms with E-state index in [1.165, 1.54) is 0 Å². The lowest BCUT2D eigenvalue weighted by molar-refractivity contribution is -0.0666. The molecular formula is C21H27FN2O4. The number of benzene rings is 2. The highest BCUT2D eigenvalue weighted by Gasteiger charge is 2.25. The summed E-state index contributed by atoms with van der Waals surface area (Å²) in [4.78, 5) is 12.2. The Morgan fingerprint density at radius 3 is 2.14 bits per heavy atom. The van der Waals surface area contributed by atoms with Crippen LogP contribution in [0.3, 0.4) is 0 Å². The van der Waals surface area contributed by atoms with E-state index in [4.69, 9.17) is 25.7 Å². The van der Waals surface area contributed by atoms with Gasteiger partial charge in [-0.05, 0) is 56.0 Å². The van der Waals surface area contributed by atoms with E-state index in [0.29, 0.717) is 24.1 Å². The molecule has 0 atom stereocenters. The molecule has 1 aliphatic carbocycles. The second-order valence-corrected chi connectivity index (χ2v) is 6.43. The van der Waals surface area contributed by atoms with Crippen molar-refractivity contribution in [3.05, 3.63) is 54.1 Å². The Morgan fingerprint density at radius 2 is 1.54 bits per heavy atom. The van der Waals surface area contributed by atoms with Gasteiger partial charge in [0.2, 0.25) is 0 Å². The van der Waals surface area contributed by atoms with Crippen molar-refractivity contribution in [1.82, 2.24) is 0 Å². The van der Waals surface area contributed by atoms with Gasteiger partial charge in [-0.1, -0.05) is 18.2 Å². The summed E-state index contributed by atoms with van der Waals surface area (Å²) in [6, 6.07) is 14.3. The van der Waals surface area contributed by atoms with Gasteiger partial charge in [-0.25, -0.2) is 4.79 Å². The zero-order valence-corrected chi connectivity index (χ0v) is 16.0. The van der Waals surface area contributed by atoms with Crippen molar-refractivity contribution < 1.29 is 23.4 Å². The molecular weight excluding hydrogens is 363 g/mol. The van der Waals surface area contributed by atoms with Crippen molar-refractivity contribution in [1.29, 1.82) is 0 Å². The van der Waals surface area contributed by atoms with Crippen LogP contribution in [0.5, 0.6) is 5.75 Å². The van der Waals surface area contributed by atoms with Gasteiger partial charge in [0.1, 0.15) is 11.9 Å². The predicted octanol–water partition coefficient (Wildman–Crippen LogP) is 3.96. The summed E-state index contributed by atoms with van der Waals surface area (Å²) in [5.41, 5.74) is 12.7. The third-order valence-electron chi connectivity index (χ3n) is 4.38. The number of hydrogen-bond donors (Lipinski definition) is 2. The van der Waals surface area contributed by atoms with E-state index in [2.05, 4.69) is 0 Å². The standard InChI is InChI=1S/C20H24N2O4.CH3F/c21-15-10-14(11-16(22)12-15)20(23)26-19-8-6-18(7-9-19)25-13-24-17-4-2-1-3-5-17;1-2/h1-5,10-12,18-19H,6-9,13,21-22H2;1H3. The molecule has 0 aromatic heterocycles. The van der Waals surface area contributed by atoms with Gasteiger partial charge in [-0.15, -0.1) is 0 Å². The number of esters is 1. The van der Waals surface area contributed by atoms with Crippen LogP contribution in [0.2, 0.25) is 0 Å². The number of carbonyl (C=O) groups is 1. The summed E-state index contributed by atoms with van der Waals surface area (Å²) in [7, 11) is 0.500. The van der Waals surface area contributed by atoms with Crippen LogP contribution in [0.15, 0.2) is 48.5 Å². The number of hydrogen-bond acceptors (Lipinski definition) is 6. The SMILES string of the molecule is CF.Nc1cc(N)cc(C(=O)OC2CCC(OCOc3ccccc3)CC2)c1. The van der Waals surface area contributed by atoms with Gasteiger partial charge in [0.05, 0.1) is 18.8 Å². The molecule has 3 rings (SSSR count). The van der Waals surface area contributed by atoms with Crippen LogP contribution in [0.1, 0.15) is 36.0 Å². The molecule has 0 radical (unpaired) electrons. The molecule has 1 saturated carbocycles. The zero-order chi connectivity index (χ0) is 20.4. The molecule has 2 aromatic carbocycles. The molecule has 0 aliphatic heterocycles. The van der Waals surface area contributed by atoms with Crippen molar-refractivity contribution in [2.45, 2.75) is 37.9 Å². The minimum Gasteiger partial charge on any atom is -0.468 e. The van der Waals surface area contributed by atoms with Gasteiger partial charge in [0.15, 0.2) is 6.79 Å². The largest absolute Gasteiger partial charge is 0.468 e. The van der Waals surface area contributed by atoms with Crippen LogP contribution < -0.4 is 16.2 Å². The molecule has 152 valence electrons. The maximum atomic E-state index is 12.2. The van der Waals surface area contributed by atoms with Gasteiger partial charge >= 0.3 is 5.97 Å². The Labute approximate surface area is 164 Å². The molecule has 1 aliphatic rings. The number of nitrogen functional groups attached to an aromatic ring is 2. The fraction of sp³-hybridized carbons (Fsp3) is 0.381. The number of halogens is 1. The maximum Gasteiger partial charge on any atom is 0.338 e. The smallest absolute Gasteiger partial charge is 0.338 e. The zero-order valence-electron chi connectivity index (χ0n) is 16.0. The number of nitrogens with two attached hydrogens (primary N) is 2. The van der Waals surface area contributed by atoms with Crippen molar-refractivity contribution >= 4 is 17.3 Å². The van der Waals surface area contributed by atoms with E-state index in [1.54, 1.807) is 18.2 Å². The highest BCUT2D eigenvalue weighted by atomic mass is 19.1. The van der Waals surface area contributed by atoms with Gasteiger partial charge in [-0.2, -0.15) is 0 Å². The highest BCUT2D eigenvalue weighted by molar-refractivity contribution is 5.91. The molecule has 1 fully saturated rings. The summed E-state index contributed by atoms with van der Waals surface area (Å²) in [6.07, 6.45) is 3.19. The molecule has 0 amide bonds. The van der Waals surface area contributed by atoms with E-state index in [9.17, 15) is 9.18 Å². The summed E-state index contributed by atoms with van der Waals surface area (Å²) in [5.74, 6) is 0.400. The van der Waals surface area contributed by atoms with Gasteiger partial charge in [0, 0.05) is 11.4 Å². The van der Waals surface area contributed by atoms with Crippen LogP contribution in [0, 0.1) is 0 Å². The molecule has 2 aromatic rings. The topological polar surface area (TPSA) is 96.8 Å². The lowest BCUT2D eigenvalue weighted by atomic mass is 9.95. The maximum absolute atomic E-state index is 12.2. The first-order chi connectivity index (χ1) is 13.6. The lowest BCUT2D eigenvalue weighted by Gasteiger charge is -2.28. The summed E-state index contributed by atoms with van der Waals surface area (Å²) < 4.78 is 26.4. The quantitative estimate of drug-likeness (QED) is 0.440. The number of alkyl halides is 1. The third kappa shape index (κ3) is 6.74. The highest BCUT2D eigenvalue weighted by Crippen LogP contribution is 2.25. The average Bonchev–Trinajstić information content (AvgIpc) is 2.71. The van der Waals surface area contributed by atoms with Crippen molar-refractivity contribution in [3.8, 4) is 5.75 Å². The second kappa shape index (κ2) is 11.1. The van der Waals surface area contributed by atoms with Gasteiger partial charge in [-0.3, -0.25) is 4.39 Å². The summed E-state index contributed by atoms with van der Waals surface area (Å²) in [5, 5.41) is 0. The second-order valence-electron chi connectivity index (χ2n) is 6.43. The van der Waals surface area contributed by atoms with Gasteiger partial charge < -0.3 is 25.7 Å². The minimum absolute atomic E-state index is 0.111. The first kappa shape index (κ1) is 21.5. The Hall–Kier alpha value is -2.80. The molecule has 0 heterocycles. The van der Waals surface area contributed by atoms with E-state index in [-0.39, 0.29) is 25.0 Å². The molecule has 0 spiro atoms. The fourth-order valence-corrected chi connectivity index (χ4v) is 3.05. The molecule has 28 heavy (non-hydrogen) atoms. The van der Waals surface area contributed by atoms with E-state index in [1.807, 2.05) is 30.3 Å². The molecule has 6 nitrogen and oxygen atoms in total. The van der Waals surface area contributed by atoms with E-state index >= 15 is 0 Å². The number of anilines is 2. The number of para-hydroxylation sites is 1. The normalized spacial score (nSPS) is 18.5. The van der Waals surface area contributed by atoms with Crippen molar-refractivity contribution in [2.24, 2.45) is 0 Å². The van der Waals surface area contributed by atoms with Crippen molar-refractivity contribution in [2.75, 3.05) is 25.4 Å². The minimum atomic E-state index is -0.388. The molecule has 0 bridgehead atoms. The molecule has 0 saturated heterocycles. The average molecular weight is 390 g/mol. The van der Waals surface area contributed by atoms with E-state index in [0.717, 1.165) is 31.4 Å². The Bertz CT molecular complexity index is 714. The summed E-state index contributed by atoms with van der Waals surface area (Å²) in [6.45, 7) is 0.224. The number of rotatable bonds is 6. The third-order valence-corrected chi connectivity index (χ3v) is 4.38. The monoisotopic (exact) mass is 390 g/mol. The number of carbonyl (C=O) groups excluding carboxylic acids is 1. The molecule has 4 N–H and O–H groups in total. The fourth-order valence-electron chi connectivity index (χ4n) is 3.05. The van der Waals surface area contributed by atoms with Crippen LogP contribution in [-0.2, 0) is 9.47 Å². The van der Waals surface area contributed by atoms with Crippen LogP contribution in [0.4, 0.5) is 15.8 Å². The van der Waals surface area contributed by atoms with Crippen LogP contribution in [-0.4, -0.2) is 32.1 Å². The lowest BCUT2D eigenvalue weighted by Crippen LogP contribution is -2.29. The Morgan fingerprint density at radius 1 is 0.964 bits per heavy atom. The van der Waals surface area contributed by atoms with Gasteiger partial charge in [0.25, 0.3) is 0 Å². The molecule has 7 heteroatoms. The predicted molar refractivity (Wildman–Crippen MR) is 107 cm³/mol. The Kier molecular flexibility index (Phi) is 8.55. The van der Waals surface area contributed by atoms with Crippen LogP contribution in [0.25, 0.3) is 0 Å². The Balaban J connectivity index is 0.00000136. The summed E-state index contributed by atoms with van der Waals surface area (Å²) >= 11 is 0. The van der Waals surface area contributed by atoms with E-state index < -0.39 is 0 Å².